The number of benzene rings is 4. The summed E-state index contributed by atoms with van der Waals surface area (Å²) in [6.07, 6.45) is 0. The topological polar surface area (TPSA) is 71.1 Å². The molecule has 2 aliphatic rings. The van der Waals surface area contributed by atoms with Gasteiger partial charge in [0.05, 0.1) is 0 Å². The third kappa shape index (κ3) is 4.70. The van der Waals surface area contributed by atoms with Gasteiger partial charge in [-0.2, -0.15) is 0 Å². The summed E-state index contributed by atoms with van der Waals surface area (Å²) in [4.78, 5) is 25.3. The van der Waals surface area contributed by atoms with E-state index in [1.165, 1.54) is 0 Å². The van der Waals surface area contributed by atoms with Crippen LogP contribution in [0.2, 0.25) is 0 Å². The predicted molar refractivity (Wildman–Crippen MR) is 151 cm³/mol. The largest absolute Gasteiger partial charge is 0.490 e. The Labute approximate surface area is 233 Å². The Morgan fingerprint density at radius 3 is 1.32 bits per heavy atom. The maximum Gasteiger partial charge on any atom is 0.323 e. The second-order valence-electron chi connectivity index (χ2n) is 10.5. The number of fused-ring (bicyclic) bond motifs is 2. The molecule has 2 atom stereocenters. The molecule has 0 saturated heterocycles. The Kier molecular flexibility index (Phi) is 6.54. The van der Waals surface area contributed by atoms with Crippen molar-refractivity contribution in [2.24, 2.45) is 0 Å². The van der Waals surface area contributed by atoms with E-state index < -0.39 is 11.8 Å². The summed E-state index contributed by atoms with van der Waals surface area (Å²) in [6.45, 7) is 8.67. The van der Waals surface area contributed by atoms with E-state index >= 15 is 0 Å². The van der Waals surface area contributed by atoms with Gasteiger partial charge in [-0.15, -0.1) is 0 Å². The first kappa shape index (κ1) is 25.7. The van der Waals surface area contributed by atoms with Gasteiger partial charge in [-0.3, -0.25) is 9.59 Å². The van der Waals surface area contributed by atoms with Gasteiger partial charge in [0.2, 0.25) is 0 Å². The molecule has 6 rings (SSSR count). The van der Waals surface area contributed by atoms with Crippen LogP contribution in [0.15, 0.2) is 72.8 Å². The van der Waals surface area contributed by atoms with Gasteiger partial charge in [0, 0.05) is 11.1 Å². The van der Waals surface area contributed by atoms with Crippen LogP contribution in [0.3, 0.4) is 0 Å². The lowest BCUT2D eigenvalue weighted by Crippen LogP contribution is -2.12. The minimum absolute atomic E-state index is 0.254. The molecule has 6 nitrogen and oxygen atoms in total. The van der Waals surface area contributed by atoms with Crippen molar-refractivity contribution < 1.29 is 28.5 Å². The Balaban J connectivity index is 1.05. The Hall–Kier alpha value is -4.58. The molecule has 6 heteroatoms. The fourth-order valence-corrected chi connectivity index (χ4v) is 5.72. The van der Waals surface area contributed by atoms with Crippen LogP contribution in [-0.4, -0.2) is 25.2 Å². The molecule has 0 fully saturated rings. The van der Waals surface area contributed by atoms with Crippen molar-refractivity contribution in [3.63, 3.8) is 0 Å². The van der Waals surface area contributed by atoms with Crippen molar-refractivity contribution in [1.82, 2.24) is 0 Å². The van der Waals surface area contributed by atoms with Crippen LogP contribution in [0.5, 0.6) is 23.0 Å². The number of ether oxygens (including phenoxy) is 4. The first-order chi connectivity index (χ1) is 19.3. The van der Waals surface area contributed by atoms with E-state index in [0.29, 0.717) is 36.2 Å². The van der Waals surface area contributed by atoms with E-state index in [4.69, 9.17) is 18.9 Å². The van der Waals surface area contributed by atoms with Gasteiger partial charge in [0.15, 0.2) is 0 Å². The normalized spacial score (nSPS) is 17.2. The van der Waals surface area contributed by atoms with E-state index in [9.17, 15) is 9.59 Å². The minimum atomic E-state index is -0.429. The molecule has 4 aromatic rings. The molecule has 4 aromatic carbocycles. The molecular weight excluding hydrogens is 504 g/mol. The molecule has 40 heavy (non-hydrogen) atoms. The summed E-state index contributed by atoms with van der Waals surface area (Å²) in [6, 6.07) is 23.2. The summed E-state index contributed by atoms with van der Waals surface area (Å²) in [5.74, 6) is 1.36. The fraction of sp³-hybridized carbons (Fsp3) is 0.235. The lowest BCUT2D eigenvalue weighted by Gasteiger charge is -2.12. The van der Waals surface area contributed by atoms with Gasteiger partial charge in [-0.1, -0.05) is 59.7 Å². The molecule has 0 aromatic heterocycles. The van der Waals surface area contributed by atoms with Crippen molar-refractivity contribution in [1.29, 1.82) is 0 Å². The summed E-state index contributed by atoms with van der Waals surface area (Å²) in [5.41, 5.74) is 7.71. The van der Waals surface area contributed by atoms with Crippen LogP contribution in [-0.2, 0) is 9.59 Å². The first-order valence-corrected chi connectivity index (χ1v) is 13.4. The van der Waals surface area contributed by atoms with Gasteiger partial charge in [-0.25, -0.2) is 0 Å². The average molecular weight is 535 g/mol. The molecule has 0 aliphatic carbocycles. The van der Waals surface area contributed by atoms with Gasteiger partial charge in [-0.05, 0) is 74.2 Å². The number of carbonyl (C=O) groups excluding carboxylic acids is 2. The van der Waals surface area contributed by atoms with Crippen LogP contribution in [0, 0.1) is 27.7 Å². The highest BCUT2D eigenvalue weighted by Gasteiger charge is 2.36. The number of aryl methyl sites for hydroxylation is 4. The molecule has 0 amide bonds. The molecule has 0 radical (unpaired) electrons. The third-order valence-corrected chi connectivity index (χ3v) is 7.44. The zero-order valence-corrected chi connectivity index (χ0v) is 22.9. The number of hydrogen-bond donors (Lipinski definition) is 0. The van der Waals surface area contributed by atoms with Gasteiger partial charge >= 0.3 is 11.9 Å². The van der Waals surface area contributed by atoms with Crippen molar-refractivity contribution in [3.05, 3.63) is 117 Å². The molecule has 202 valence electrons. The SMILES string of the molecule is Cc1cc(C)c2c(c1)C(c1ccc(OCCOc3ccc(C4C(=O)Oc5c(C)cc(C)cc54)cc3)cc1)C(=O)O2. The number of rotatable bonds is 7. The Morgan fingerprint density at radius 1 is 0.575 bits per heavy atom. The third-order valence-electron chi connectivity index (χ3n) is 7.44. The zero-order valence-electron chi connectivity index (χ0n) is 22.9. The van der Waals surface area contributed by atoms with Crippen LogP contribution in [0.25, 0.3) is 0 Å². The molecule has 0 saturated carbocycles. The summed E-state index contributed by atoms with van der Waals surface area (Å²) in [5, 5.41) is 0. The zero-order chi connectivity index (χ0) is 28.0. The van der Waals surface area contributed by atoms with Gasteiger partial charge in [0.1, 0.15) is 48.0 Å². The quantitative estimate of drug-likeness (QED) is 0.154. The van der Waals surface area contributed by atoms with Gasteiger partial charge < -0.3 is 18.9 Å². The lowest BCUT2D eigenvalue weighted by molar-refractivity contribution is -0.134. The monoisotopic (exact) mass is 534 g/mol. The molecular formula is C34H30O6. The second-order valence-corrected chi connectivity index (χ2v) is 10.5. The van der Waals surface area contributed by atoms with Crippen molar-refractivity contribution in [2.75, 3.05) is 13.2 Å². The fourth-order valence-electron chi connectivity index (χ4n) is 5.72. The van der Waals surface area contributed by atoms with Crippen molar-refractivity contribution in [2.45, 2.75) is 39.5 Å². The maximum atomic E-state index is 12.6. The number of esters is 2. The van der Waals surface area contributed by atoms with E-state index in [2.05, 4.69) is 0 Å². The lowest BCUT2D eigenvalue weighted by atomic mass is 9.90. The van der Waals surface area contributed by atoms with E-state index in [1.807, 2.05) is 100 Å². The summed E-state index contributed by atoms with van der Waals surface area (Å²) >= 11 is 0. The number of carbonyl (C=O) groups is 2. The maximum absolute atomic E-state index is 12.6. The average Bonchev–Trinajstić information content (AvgIpc) is 3.43. The first-order valence-electron chi connectivity index (χ1n) is 13.4. The Bertz CT molecular complexity index is 1500. The molecule has 0 N–H and O–H groups in total. The molecule has 2 aliphatic heterocycles. The molecule has 0 spiro atoms. The Morgan fingerprint density at radius 2 is 0.950 bits per heavy atom. The molecule has 2 heterocycles. The van der Waals surface area contributed by atoms with Crippen molar-refractivity contribution >= 4 is 11.9 Å². The minimum Gasteiger partial charge on any atom is -0.490 e. The summed E-state index contributed by atoms with van der Waals surface area (Å²) in [7, 11) is 0. The van der Waals surface area contributed by atoms with E-state index in [-0.39, 0.29) is 11.9 Å². The predicted octanol–water partition coefficient (Wildman–Crippen LogP) is 6.48. The molecule has 0 bridgehead atoms. The molecule has 2 unspecified atom stereocenters. The van der Waals surface area contributed by atoms with Crippen molar-refractivity contribution in [3.8, 4) is 23.0 Å². The second kappa shape index (κ2) is 10.2. The summed E-state index contributed by atoms with van der Waals surface area (Å²) < 4.78 is 22.9. The smallest absolute Gasteiger partial charge is 0.323 e. The van der Waals surface area contributed by atoms with E-state index in [1.54, 1.807) is 0 Å². The van der Waals surface area contributed by atoms with Crippen LogP contribution in [0.4, 0.5) is 0 Å². The number of hydrogen-bond acceptors (Lipinski definition) is 6. The highest BCUT2D eigenvalue weighted by molar-refractivity contribution is 5.91. The van der Waals surface area contributed by atoms with Crippen LogP contribution >= 0.6 is 0 Å². The van der Waals surface area contributed by atoms with Gasteiger partial charge in [0.25, 0.3) is 0 Å². The van der Waals surface area contributed by atoms with Crippen LogP contribution < -0.4 is 18.9 Å². The highest BCUT2D eigenvalue weighted by atomic mass is 16.5. The standard InChI is InChI=1S/C34H30O6/c1-19-15-21(3)31-27(17-19)29(33(35)39-31)23-5-9-25(10-6-23)37-13-14-38-26-11-7-24(8-12-26)30-28-18-20(2)16-22(4)32(28)40-34(30)36/h5-12,15-18,29-30H,13-14H2,1-4H3. The van der Waals surface area contributed by atoms with E-state index in [0.717, 1.165) is 44.5 Å². The van der Waals surface area contributed by atoms with Crippen LogP contribution in [0.1, 0.15) is 56.3 Å². The highest BCUT2D eigenvalue weighted by Crippen LogP contribution is 2.43.